The van der Waals surface area contributed by atoms with Crippen LogP contribution in [-0.2, 0) is 10.8 Å². The lowest BCUT2D eigenvalue weighted by molar-refractivity contribution is 0.214. The van der Waals surface area contributed by atoms with Gasteiger partial charge in [0.2, 0.25) is 0 Å². The third-order valence-electron chi connectivity index (χ3n) is 18.7. The third kappa shape index (κ3) is 6.27. The van der Waals surface area contributed by atoms with Gasteiger partial charge in [-0.25, -0.2) is 0 Å². The number of hydrogen-bond acceptors (Lipinski definition) is 0. The maximum absolute atomic E-state index is 2.55. The van der Waals surface area contributed by atoms with Crippen molar-refractivity contribution in [2.45, 2.75) is 69.6 Å². The van der Waals surface area contributed by atoms with E-state index < -0.39 is 0 Å². The number of rotatable bonds is 5. The van der Waals surface area contributed by atoms with Crippen LogP contribution in [0.5, 0.6) is 0 Å². The Bertz CT molecular complexity index is 4230. The first-order chi connectivity index (χ1) is 36.2. The van der Waals surface area contributed by atoms with Gasteiger partial charge in [0.25, 0.3) is 0 Å². The predicted octanol–water partition coefficient (Wildman–Crippen LogP) is 20.4. The third-order valence-corrected chi connectivity index (χ3v) is 18.7. The molecule has 3 unspecified atom stereocenters. The average molecular weight is 947 g/mol. The van der Waals surface area contributed by atoms with Gasteiger partial charge in [-0.1, -0.05) is 240 Å². The normalized spacial score (nSPS) is 18.2. The summed E-state index contributed by atoms with van der Waals surface area (Å²) in [7, 11) is 0. The summed E-state index contributed by atoms with van der Waals surface area (Å²) in [6.07, 6.45) is 3.63. The molecule has 12 aromatic carbocycles. The molecule has 0 heterocycles. The van der Waals surface area contributed by atoms with Crippen LogP contribution in [0.15, 0.2) is 224 Å². The smallest absolute Gasteiger partial charge is 0.0159 e. The van der Waals surface area contributed by atoms with Crippen LogP contribution in [0.4, 0.5) is 0 Å². The van der Waals surface area contributed by atoms with Gasteiger partial charge in [0.1, 0.15) is 0 Å². The van der Waals surface area contributed by atoms with E-state index in [0.29, 0.717) is 17.8 Å². The molecule has 1 saturated carbocycles. The molecule has 0 N–H and O–H groups in total. The molecule has 354 valence electrons. The Morgan fingerprint density at radius 2 is 0.851 bits per heavy atom. The maximum Gasteiger partial charge on any atom is 0.0159 e. The standard InChI is InChI=1S/C74H58/c1-73(2)65-30-15-13-21-52(65)54-39-37-49(43-67(54)73)70-57-23-7-8-24-58(57)71(50-38-40-55-53-22-14-16-31-66(53)74(3,4)68(55)44-50)64-42-48(36-41-63(64)70)45-32-34-47(35-33-45)69-59-25-9-11-27-61(59)72(62-28-12-10-26-60(62)69)56-29-17-19-46-18-5-6-20-51(46)56/h5-36,38,40-42,44,49,54,67H,37,39,43H2,1-4H3. The SMILES string of the molecule is CC1(C)c2ccccc2-c2ccc(-c3c4ccccc4c(C4CCC5c6ccccc6C(C)(C)C5C4)c4ccc(-c5ccc(-c6c7ccccc7c(-c7cccc8ccccc78)c7ccccc67)cc5)cc34)cc21. The van der Waals surface area contributed by atoms with Crippen molar-refractivity contribution >= 4 is 53.9 Å². The fourth-order valence-corrected chi connectivity index (χ4v) is 15.2. The Hall–Kier alpha value is -8.06. The maximum atomic E-state index is 2.55. The highest BCUT2D eigenvalue weighted by Crippen LogP contribution is 2.60. The van der Waals surface area contributed by atoms with Gasteiger partial charge in [-0.05, 0) is 192 Å². The van der Waals surface area contributed by atoms with E-state index in [1.807, 2.05) is 0 Å². The molecule has 15 rings (SSSR count). The molecule has 3 aliphatic carbocycles. The van der Waals surface area contributed by atoms with Crippen molar-refractivity contribution in [3.63, 3.8) is 0 Å². The summed E-state index contributed by atoms with van der Waals surface area (Å²) >= 11 is 0. The monoisotopic (exact) mass is 946 g/mol. The van der Waals surface area contributed by atoms with Crippen LogP contribution in [0.3, 0.4) is 0 Å². The Morgan fingerprint density at radius 3 is 1.59 bits per heavy atom. The zero-order valence-corrected chi connectivity index (χ0v) is 42.7. The highest BCUT2D eigenvalue weighted by molar-refractivity contribution is 6.24. The van der Waals surface area contributed by atoms with E-state index in [9.17, 15) is 0 Å². The topological polar surface area (TPSA) is 0 Å². The first kappa shape index (κ1) is 43.5. The molecule has 1 fully saturated rings. The molecule has 0 amide bonds. The van der Waals surface area contributed by atoms with Crippen molar-refractivity contribution in [1.82, 2.24) is 0 Å². The molecule has 0 bridgehead atoms. The van der Waals surface area contributed by atoms with Crippen LogP contribution in [0.2, 0.25) is 0 Å². The second-order valence-corrected chi connectivity index (χ2v) is 23.0. The number of fused-ring (bicyclic) bond motifs is 11. The van der Waals surface area contributed by atoms with Crippen LogP contribution in [0.25, 0.3) is 109 Å². The highest BCUT2D eigenvalue weighted by Gasteiger charge is 2.49. The van der Waals surface area contributed by atoms with Gasteiger partial charge in [-0.3, -0.25) is 0 Å². The van der Waals surface area contributed by atoms with E-state index in [4.69, 9.17) is 0 Å². The molecule has 0 saturated heterocycles. The fraction of sp³-hybridized carbons (Fsp3) is 0.162. The van der Waals surface area contributed by atoms with Crippen molar-refractivity contribution in [3.8, 4) is 55.6 Å². The van der Waals surface area contributed by atoms with Crippen molar-refractivity contribution in [2.75, 3.05) is 0 Å². The summed E-state index contributed by atoms with van der Waals surface area (Å²) in [5.41, 5.74) is 20.5. The zero-order chi connectivity index (χ0) is 49.5. The largest absolute Gasteiger partial charge is 0.0620 e. The van der Waals surface area contributed by atoms with Gasteiger partial charge in [-0.2, -0.15) is 0 Å². The minimum absolute atomic E-state index is 0.0996. The molecule has 0 nitrogen and oxygen atoms in total. The molecular weight excluding hydrogens is 889 g/mol. The molecule has 0 spiro atoms. The molecule has 0 radical (unpaired) electrons. The molecule has 0 aromatic heterocycles. The van der Waals surface area contributed by atoms with E-state index in [0.717, 1.165) is 0 Å². The lowest BCUT2D eigenvalue weighted by Crippen LogP contribution is -2.31. The van der Waals surface area contributed by atoms with Crippen molar-refractivity contribution in [1.29, 1.82) is 0 Å². The van der Waals surface area contributed by atoms with Crippen LogP contribution in [0.1, 0.15) is 86.6 Å². The summed E-state index contributed by atoms with van der Waals surface area (Å²) in [4.78, 5) is 0. The zero-order valence-electron chi connectivity index (χ0n) is 42.7. The van der Waals surface area contributed by atoms with E-state index in [-0.39, 0.29) is 10.8 Å². The van der Waals surface area contributed by atoms with Crippen LogP contribution < -0.4 is 0 Å². The fourth-order valence-electron chi connectivity index (χ4n) is 15.2. The second-order valence-electron chi connectivity index (χ2n) is 23.0. The van der Waals surface area contributed by atoms with Gasteiger partial charge in [0.05, 0.1) is 0 Å². The molecular formula is C74H58. The van der Waals surface area contributed by atoms with Crippen LogP contribution in [0, 0.1) is 5.92 Å². The van der Waals surface area contributed by atoms with E-state index in [2.05, 4.69) is 252 Å². The Balaban J connectivity index is 0.906. The van der Waals surface area contributed by atoms with Crippen LogP contribution >= 0.6 is 0 Å². The minimum Gasteiger partial charge on any atom is -0.0620 e. The Morgan fingerprint density at radius 1 is 0.338 bits per heavy atom. The second kappa shape index (κ2) is 16.2. The number of hydrogen-bond donors (Lipinski definition) is 0. The van der Waals surface area contributed by atoms with Gasteiger partial charge in [-0.15, -0.1) is 0 Å². The highest BCUT2D eigenvalue weighted by atomic mass is 14.5. The van der Waals surface area contributed by atoms with Crippen molar-refractivity contribution < 1.29 is 0 Å². The molecule has 0 aliphatic heterocycles. The molecule has 74 heavy (non-hydrogen) atoms. The molecule has 12 aromatic rings. The lowest BCUT2D eigenvalue weighted by atomic mass is 9.64. The van der Waals surface area contributed by atoms with Gasteiger partial charge >= 0.3 is 0 Å². The first-order valence-electron chi connectivity index (χ1n) is 27.1. The first-order valence-corrected chi connectivity index (χ1v) is 27.1. The van der Waals surface area contributed by atoms with Gasteiger partial charge < -0.3 is 0 Å². The predicted molar refractivity (Wildman–Crippen MR) is 316 cm³/mol. The number of benzene rings is 12. The van der Waals surface area contributed by atoms with Crippen molar-refractivity contribution in [2.24, 2.45) is 5.92 Å². The average Bonchev–Trinajstić information content (AvgIpc) is 3.82. The van der Waals surface area contributed by atoms with E-state index in [1.54, 1.807) is 16.7 Å². The summed E-state index contributed by atoms with van der Waals surface area (Å²) in [5, 5.41) is 13.2. The summed E-state index contributed by atoms with van der Waals surface area (Å²) in [6, 6.07) is 85.8. The Labute approximate surface area is 435 Å². The summed E-state index contributed by atoms with van der Waals surface area (Å²) in [5.74, 6) is 1.69. The summed E-state index contributed by atoms with van der Waals surface area (Å²) < 4.78 is 0. The van der Waals surface area contributed by atoms with Crippen LogP contribution in [-0.4, -0.2) is 0 Å². The summed E-state index contributed by atoms with van der Waals surface area (Å²) in [6.45, 7) is 9.87. The minimum atomic E-state index is -0.0996. The Kier molecular flexibility index (Phi) is 9.54. The van der Waals surface area contributed by atoms with Gasteiger partial charge in [0, 0.05) is 5.41 Å². The van der Waals surface area contributed by atoms with E-state index in [1.165, 1.54) is 140 Å². The quantitative estimate of drug-likeness (QED) is 0.151. The van der Waals surface area contributed by atoms with E-state index >= 15 is 0 Å². The molecule has 0 heteroatoms. The lowest BCUT2D eigenvalue weighted by Gasteiger charge is -2.40. The van der Waals surface area contributed by atoms with Gasteiger partial charge in [0.15, 0.2) is 0 Å². The van der Waals surface area contributed by atoms with Crippen molar-refractivity contribution in [3.05, 3.63) is 252 Å². The molecule has 3 atom stereocenters. The molecule has 3 aliphatic rings.